The van der Waals surface area contributed by atoms with Gasteiger partial charge in [0.25, 0.3) is 5.91 Å². The number of phenolic OH excluding ortho intramolecular Hbond substituents is 1. The number of aromatic hydroxyl groups is 1. The highest BCUT2D eigenvalue weighted by Gasteiger charge is 2.25. The summed E-state index contributed by atoms with van der Waals surface area (Å²) in [6, 6.07) is 13.0. The number of rotatable bonds is 5. The fourth-order valence-corrected chi connectivity index (χ4v) is 4.49. The summed E-state index contributed by atoms with van der Waals surface area (Å²) in [5.41, 5.74) is 1.77. The Morgan fingerprint density at radius 3 is 2.50 bits per heavy atom. The van der Waals surface area contributed by atoms with Gasteiger partial charge in [0.1, 0.15) is 17.6 Å². The van der Waals surface area contributed by atoms with Gasteiger partial charge in [-0.25, -0.2) is 0 Å². The highest BCUT2D eigenvalue weighted by atomic mass is 35.5. The molecule has 5 nitrogen and oxygen atoms in total. The predicted molar refractivity (Wildman–Crippen MR) is 118 cm³/mol. The van der Waals surface area contributed by atoms with Crippen LogP contribution in [0.25, 0.3) is 0 Å². The van der Waals surface area contributed by atoms with Gasteiger partial charge in [-0.3, -0.25) is 9.69 Å². The molecule has 0 bridgehead atoms. The molecule has 30 heavy (non-hydrogen) atoms. The molecule has 0 radical (unpaired) electrons. The molecule has 2 aromatic carbocycles. The molecule has 2 aliphatic rings. The van der Waals surface area contributed by atoms with Crippen LogP contribution in [0, 0.1) is 0 Å². The number of para-hydroxylation sites is 1. The van der Waals surface area contributed by atoms with Crippen molar-refractivity contribution >= 4 is 17.5 Å². The minimum Gasteiger partial charge on any atom is -0.506 e. The predicted octanol–water partition coefficient (Wildman–Crippen LogP) is 4.72. The monoisotopic (exact) mass is 428 g/mol. The maximum Gasteiger partial charge on any atom is 0.257 e. The minimum atomic E-state index is 0.0898. The first-order chi connectivity index (χ1) is 14.6. The first kappa shape index (κ1) is 21.0. The van der Waals surface area contributed by atoms with E-state index in [-0.39, 0.29) is 17.8 Å². The Hall–Kier alpha value is -2.24. The molecule has 2 heterocycles. The van der Waals surface area contributed by atoms with Crippen molar-refractivity contribution in [2.75, 3.05) is 26.2 Å². The summed E-state index contributed by atoms with van der Waals surface area (Å²) in [7, 11) is 0. The van der Waals surface area contributed by atoms with Gasteiger partial charge in [-0.1, -0.05) is 29.8 Å². The van der Waals surface area contributed by atoms with Gasteiger partial charge < -0.3 is 14.7 Å². The number of benzene rings is 2. The number of hydrogen-bond donors (Lipinski definition) is 1. The van der Waals surface area contributed by atoms with Gasteiger partial charge in [0, 0.05) is 32.7 Å². The van der Waals surface area contributed by atoms with Crippen LogP contribution in [0.3, 0.4) is 0 Å². The van der Waals surface area contributed by atoms with E-state index >= 15 is 0 Å². The van der Waals surface area contributed by atoms with Crippen LogP contribution < -0.4 is 4.74 Å². The molecule has 160 valence electrons. The molecule has 0 aliphatic carbocycles. The van der Waals surface area contributed by atoms with Crippen LogP contribution in [0.1, 0.15) is 48.0 Å². The molecule has 0 aromatic heterocycles. The number of amides is 1. The van der Waals surface area contributed by atoms with Gasteiger partial charge in [0.05, 0.1) is 10.6 Å². The van der Waals surface area contributed by atoms with Gasteiger partial charge in [-0.2, -0.15) is 0 Å². The van der Waals surface area contributed by atoms with E-state index in [1.54, 1.807) is 6.07 Å². The molecule has 0 saturated carbocycles. The Balaban J connectivity index is 1.34. The topological polar surface area (TPSA) is 53.0 Å². The third-order valence-corrected chi connectivity index (χ3v) is 6.31. The second-order valence-corrected chi connectivity index (χ2v) is 8.64. The van der Waals surface area contributed by atoms with Crippen molar-refractivity contribution in [3.05, 3.63) is 58.6 Å². The van der Waals surface area contributed by atoms with Crippen molar-refractivity contribution < 1.29 is 14.6 Å². The lowest BCUT2D eigenvalue weighted by Crippen LogP contribution is -2.38. The van der Waals surface area contributed by atoms with E-state index in [1.165, 1.54) is 6.42 Å². The van der Waals surface area contributed by atoms with Gasteiger partial charge in [0.15, 0.2) is 0 Å². The van der Waals surface area contributed by atoms with Gasteiger partial charge in [-0.05, 0) is 61.9 Å². The van der Waals surface area contributed by atoms with Crippen LogP contribution in [-0.2, 0) is 6.54 Å². The lowest BCUT2D eigenvalue weighted by atomic mass is 10.1. The first-order valence-corrected chi connectivity index (χ1v) is 11.2. The summed E-state index contributed by atoms with van der Waals surface area (Å²) in [5, 5.41) is 9.97. The zero-order valence-electron chi connectivity index (χ0n) is 17.2. The lowest BCUT2D eigenvalue weighted by molar-refractivity contribution is 0.0702. The number of hydrogen-bond acceptors (Lipinski definition) is 4. The van der Waals surface area contributed by atoms with Gasteiger partial charge in [0.2, 0.25) is 0 Å². The molecule has 4 rings (SSSR count). The molecule has 1 amide bonds. The number of nitrogens with zero attached hydrogens (tertiary/aromatic N) is 2. The highest BCUT2D eigenvalue weighted by Crippen LogP contribution is 2.27. The van der Waals surface area contributed by atoms with Crippen molar-refractivity contribution in [1.29, 1.82) is 0 Å². The van der Waals surface area contributed by atoms with Crippen molar-refractivity contribution in [3.8, 4) is 11.5 Å². The molecular formula is C24H29ClN2O3. The number of carbonyl (C=O) groups excluding carboxylic acids is 1. The summed E-state index contributed by atoms with van der Waals surface area (Å²) in [6.45, 7) is 4.33. The van der Waals surface area contributed by atoms with Crippen molar-refractivity contribution in [3.63, 3.8) is 0 Å². The summed E-state index contributed by atoms with van der Waals surface area (Å²) in [6.07, 6.45) is 5.31. The average molecular weight is 429 g/mol. The Labute approximate surface area is 183 Å². The third kappa shape index (κ3) is 5.08. The number of piperidine rings is 2. The van der Waals surface area contributed by atoms with E-state index in [2.05, 4.69) is 4.90 Å². The summed E-state index contributed by atoms with van der Waals surface area (Å²) in [4.78, 5) is 17.3. The maximum absolute atomic E-state index is 13.0. The fourth-order valence-electron chi connectivity index (χ4n) is 4.29. The Kier molecular flexibility index (Phi) is 6.80. The van der Waals surface area contributed by atoms with Gasteiger partial charge >= 0.3 is 0 Å². The first-order valence-electron chi connectivity index (χ1n) is 10.8. The zero-order valence-corrected chi connectivity index (χ0v) is 18.0. The van der Waals surface area contributed by atoms with E-state index in [9.17, 15) is 9.90 Å². The van der Waals surface area contributed by atoms with E-state index in [0.717, 1.165) is 64.0 Å². The molecule has 2 aliphatic heterocycles. The number of phenols is 1. The molecule has 2 saturated heterocycles. The van der Waals surface area contributed by atoms with Crippen LogP contribution in [0.15, 0.2) is 42.5 Å². The molecule has 6 heteroatoms. The summed E-state index contributed by atoms with van der Waals surface area (Å²) >= 11 is 6.02. The largest absolute Gasteiger partial charge is 0.506 e. The second kappa shape index (κ2) is 9.71. The fraction of sp³-hybridized carbons (Fsp3) is 0.458. The van der Waals surface area contributed by atoms with E-state index in [0.29, 0.717) is 16.3 Å². The van der Waals surface area contributed by atoms with Crippen molar-refractivity contribution in [1.82, 2.24) is 9.80 Å². The number of likely N-dealkylation sites (tertiary alicyclic amines) is 2. The highest BCUT2D eigenvalue weighted by molar-refractivity contribution is 6.32. The summed E-state index contributed by atoms with van der Waals surface area (Å²) in [5.74, 6) is 0.911. The molecule has 0 atom stereocenters. The maximum atomic E-state index is 13.0. The Bertz CT molecular complexity index is 875. The average Bonchev–Trinajstić information content (AvgIpc) is 2.78. The molecule has 1 N–H and O–H groups in total. The number of carbonyl (C=O) groups is 1. The molecular weight excluding hydrogens is 400 g/mol. The van der Waals surface area contributed by atoms with Gasteiger partial charge in [-0.15, -0.1) is 0 Å². The lowest BCUT2D eigenvalue weighted by Gasteiger charge is -2.33. The SMILES string of the molecule is O=C(c1ccccc1OC1CCN(Cc2ccc(O)c(Cl)c2)CC1)N1CCCCC1. The molecule has 0 unspecified atom stereocenters. The Morgan fingerprint density at radius 1 is 1.03 bits per heavy atom. The zero-order chi connectivity index (χ0) is 20.9. The quantitative estimate of drug-likeness (QED) is 0.748. The Morgan fingerprint density at radius 2 is 1.77 bits per heavy atom. The van der Waals surface area contributed by atoms with Crippen LogP contribution in [0.4, 0.5) is 0 Å². The summed E-state index contributed by atoms with van der Waals surface area (Å²) < 4.78 is 6.30. The van der Waals surface area contributed by atoms with Crippen LogP contribution in [-0.4, -0.2) is 53.1 Å². The van der Waals surface area contributed by atoms with Crippen molar-refractivity contribution in [2.45, 2.75) is 44.8 Å². The van der Waals surface area contributed by atoms with E-state index < -0.39 is 0 Å². The molecule has 2 aromatic rings. The second-order valence-electron chi connectivity index (χ2n) is 8.23. The third-order valence-electron chi connectivity index (χ3n) is 6.01. The van der Waals surface area contributed by atoms with Crippen molar-refractivity contribution in [2.24, 2.45) is 0 Å². The van der Waals surface area contributed by atoms with E-state index in [4.69, 9.17) is 16.3 Å². The number of ether oxygens (including phenoxy) is 1. The van der Waals surface area contributed by atoms with E-state index in [1.807, 2.05) is 41.3 Å². The van der Waals surface area contributed by atoms with Crippen LogP contribution in [0.5, 0.6) is 11.5 Å². The van der Waals surface area contributed by atoms with Crippen LogP contribution in [0.2, 0.25) is 5.02 Å². The minimum absolute atomic E-state index is 0.0898. The molecule has 2 fully saturated rings. The smallest absolute Gasteiger partial charge is 0.257 e. The van der Waals surface area contributed by atoms with Crippen LogP contribution >= 0.6 is 11.6 Å². The standard InChI is InChI=1S/C24H29ClN2O3/c25-21-16-18(8-9-22(21)28)17-26-14-10-19(11-15-26)30-23-7-3-2-6-20(23)24(29)27-12-4-1-5-13-27/h2-3,6-9,16,19,28H,1,4-5,10-15,17H2. The molecule has 0 spiro atoms. The number of halogens is 1. The normalized spacial score (nSPS) is 18.4.